The summed E-state index contributed by atoms with van der Waals surface area (Å²) < 4.78 is 8.88. The predicted octanol–water partition coefficient (Wildman–Crippen LogP) is 2.83. The van der Waals surface area contributed by atoms with Crippen molar-refractivity contribution in [2.24, 2.45) is 0 Å². The topological polar surface area (TPSA) is 61.4 Å². The number of pyridine rings is 1. The normalized spacial score (nSPS) is 11.2. The first kappa shape index (κ1) is 14.4. The van der Waals surface area contributed by atoms with E-state index in [0.29, 0.717) is 12.2 Å². The Kier molecular flexibility index (Phi) is 3.30. The molecule has 24 heavy (non-hydrogen) atoms. The lowest BCUT2D eigenvalue weighted by Gasteiger charge is -2.09. The van der Waals surface area contributed by atoms with Gasteiger partial charge in [-0.3, -0.25) is 4.40 Å². The highest BCUT2D eigenvalue weighted by molar-refractivity contribution is 5.95. The van der Waals surface area contributed by atoms with E-state index >= 15 is 0 Å². The third-order valence-electron chi connectivity index (χ3n) is 4.18. The minimum Gasteiger partial charge on any atom is -0.464 e. The smallest absolute Gasteiger partial charge is 0.354 e. The lowest BCUT2D eigenvalue weighted by atomic mass is 10.2. The summed E-state index contributed by atoms with van der Waals surface area (Å²) in [5.41, 5.74) is 4.21. The Labute approximate surface area is 138 Å². The molecule has 0 aliphatic rings. The molecule has 0 spiro atoms. The molecule has 6 nitrogen and oxygen atoms in total. The van der Waals surface area contributed by atoms with Gasteiger partial charge in [0.05, 0.1) is 18.1 Å². The molecule has 0 aliphatic heterocycles. The first-order valence-corrected chi connectivity index (χ1v) is 7.65. The van der Waals surface area contributed by atoms with Crippen molar-refractivity contribution in [1.82, 2.24) is 19.2 Å². The number of hydrogen-bond acceptors (Lipinski definition) is 4. The van der Waals surface area contributed by atoms with Gasteiger partial charge in [-0.25, -0.2) is 4.79 Å². The maximum absolute atomic E-state index is 12.3. The predicted molar refractivity (Wildman–Crippen MR) is 90.1 cm³/mol. The minimum atomic E-state index is -0.360. The highest BCUT2D eigenvalue weighted by Crippen LogP contribution is 2.24. The Morgan fingerprint density at radius 2 is 1.88 bits per heavy atom. The average molecular weight is 320 g/mol. The maximum Gasteiger partial charge on any atom is 0.354 e. The van der Waals surface area contributed by atoms with Gasteiger partial charge in [0.25, 0.3) is 0 Å². The SMILES string of the molecule is COC(=O)c1cc2c(ccc3nnc(C)n32)n1Cc1ccccc1. The van der Waals surface area contributed by atoms with Gasteiger partial charge < -0.3 is 9.30 Å². The fourth-order valence-corrected chi connectivity index (χ4v) is 3.05. The molecule has 0 unspecified atom stereocenters. The van der Waals surface area contributed by atoms with Crippen LogP contribution >= 0.6 is 0 Å². The van der Waals surface area contributed by atoms with E-state index in [-0.39, 0.29) is 5.97 Å². The summed E-state index contributed by atoms with van der Waals surface area (Å²) in [6.45, 7) is 2.48. The molecule has 0 bridgehead atoms. The summed E-state index contributed by atoms with van der Waals surface area (Å²) in [4.78, 5) is 12.3. The quantitative estimate of drug-likeness (QED) is 0.545. The summed E-state index contributed by atoms with van der Waals surface area (Å²) in [5, 5.41) is 8.27. The van der Waals surface area contributed by atoms with Crippen LogP contribution in [0, 0.1) is 6.92 Å². The van der Waals surface area contributed by atoms with Crippen LogP contribution in [-0.4, -0.2) is 32.2 Å². The average Bonchev–Trinajstić information content (AvgIpc) is 3.16. The molecule has 3 aromatic heterocycles. The number of hydrogen-bond donors (Lipinski definition) is 0. The van der Waals surface area contributed by atoms with Gasteiger partial charge in [0.15, 0.2) is 5.65 Å². The molecule has 0 fully saturated rings. The van der Waals surface area contributed by atoms with E-state index in [9.17, 15) is 4.79 Å². The molecule has 4 rings (SSSR count). The van der Waals surface area contributed by atoms with Gasteiger partial charge in [-0.15, -0.1) is 10.2 Å². The largest absolute Gasteiger partial charge is 0.464 e. The van der Waals surface area contributed by atoms with Crippen LogP contribution in [0.2, 0.25) is 0 Å². The van der Waals surface area contributed by atoms with E-state index in [0.717, 1.165) is 28.1 Å². The number of esters is 1. The fraction of sp³-hybridized carbons (Fsp3) is 0.167. The number of methoxy groups -OCH3 is 1. The van der Waals surface area contributed by atoms with Crippen LogP contribution in [0.25, 0.3) is 16.7 Å². The fourth-order valence-electron chi connectivity index (χ4n) is 3.05. The van der Waals surface area contributed by atoms with Crippen molar-refractivity contribution < 1.29 is 9.53 Å². The zero-order valence-electron chi connectivity index (χ0n) is 13.4. The minimum absolute atomic E-state index is 0.360. The van der Waals surface area contributed by atoms with Gasteiger partial charge in [-0.2, -0.15) is 0 Å². The van der Waals surface area contributed by atoms with Gasteiger partial charge in [-0.1, -0.05) is 30.3 Å². The first-order chi connectivity index (χ1) is 11.7. The van der Waals surface area contributed by atoms with Gasteiger partial charge in [0.2, 0.25) is 0 Å². The van der Waals surface area contributed by atoms with Gasteiger partial charge >= 0.3 is 5.97 Å². The molecule has 120 valence electrons. The van der Waals surface area contributed by atoms with Crippen LogP contribution in [0.1, 0.15) is 21.9 Å². The standard InChI is InChI=1S/C18H16N4O2/c1-12-19-20-17-9-8-14-15(22(12)17)10-16(18(23)24-2)21(14)11-13-6-4-3-5-7-13/h3-10H,11H2,1-2H3. The molecule has 3 heterocycles. The van der Waals surface area contributed by atoms with E-state index in [2.05, 4.69) is 10.2 Å². The van der Waals surface area contributed by atoms with Crippen molar-refractivity contribution in [2.75, 3.05) is 7.11 Å². The number of rotatable bonds is 3. The van der Waals surface area contributed by atoms with Crippen LogP contribution in [0.4, 0.5) is 0 Å². The van der Waals surface area contributed by atoms with E-state index < -0.39 is 0 Å². The first-order valence-electron chi connectivity index (χ1n) is 7.65. The summed E-state index contributed by atoms with van der Waals surface area (Å²) in [6.07, 6.45) is 0. The summed E-state index contributed by atoms with van der Waals surface area (Å²) >= 11 is 0. The van der Waals surface area contributed by atoms with Crippen LogP contribution in [-0.2, 0) is 11.3 Å². The van der Waals surface area contributed by atoms with Crippen molar-refractivity contribution in [3.63, 3.8) is 0 Å². The lowest BCUT2D eigenvalue weighted by molar-refractivity contribution is 0.0589. The summed E-state index contributed by atoms with van der Waals surface area (Å²) in [7, 11) is 1.40. The van der Waals surface area contributed by atoms with Crippen molar-refractivity contribution in [3.05, 3.63) is 65.6 Å². The van der Waals surface area contributed by atoms with Gasteiger partial charge in [-0.05, 0) is 30.7 Å². The molecular formula is C18H16N4O2. The molecule has 0 saturated carbocycles. The number of fused-ring (bicyclic) bond motifs is 3. The highest BCUT2D eigenvalue weighted by atomic mass is 16.5. The number of aromatic nitrogens is 4. The molecule has 1 aromatic carbocycles. The second-order valence-electron chi connectivity index (χ2n) is 5.64. The number of carbonyl (C=O) groups excluding carboxylic acids is 1. The second kappa shape index (κ2) is 5.49. The number of benzene rings is 1. The number of nitrogens with zero attached hydrogens (tertiary/aromatic N) is 4. The van der Waals surface area contributed by atoms with E-state index in [1.807, 2.05) is 64.4 Å². The third kappa shape index (κ3) is 2.15. The van der Waals surface area contributed by atoms with E-state index in [1.54, 1.807) is 0 Å². The third-order valence-corrected chi connectivity index (χ3v) is 4.18. The van der Waals surface area contributed by atoms with E-state index in [1.165, 1.54) is 7.11 Å². The zero-order valence-corrected chi connectivity index (χ0v) is 13.4. The van der Waals surface area contributed by atoms with Crippen molar-refractivity contribution >= 4 is 22.6 Å². The van der Waals surface area contributed by atoms with Crippen LogP contribution < -0.4 is 0 Å². The molecule has 0 radical (unpaired) electrons. The van der Waals surface area contributed by atoms with E-state index in [4.69, 9.17) is 4.74 Å². The zero-order chi connectivity index (χ0) is 16.7. The number of ether oxygens (including phenoxy) is 1. The van der Waals surface area contributed by atoms with Crippen LogP contribution in [0.15, 0.2) is 48.5 Å². The molecule has 0 saturated heterocycles. The maximum atomic E-state index is 12.3. The van der Waals surface area contributed by atoms with Crippen LogP contribution in [0.5, 0.6) is 0 Å². The van der Waals surface area contributed by atoms with Crippen molar-refractivity contribution in [2.45, 2.75) is 13.5 Å². The van der Waals surface area contributed by atoms with Crippen molar-refractivity contribution in [3.8, 4) is 0 Å². The van der Waals surface area contributed by atoms with Gasteiger partial charge in [0, 0.05) is 6.54 Å². The van der Waals surface area contributed by atoms with Gasteiger partial charge in [0.1, 0.15) is 11.5 Å². The Hall–Kier alpha value is -3.15. The lowest BCUT2D eigenvalue weighted by Crippen LogP contribution is -2.11. The molecule has 4 aromatic rings. The molecule has 0 amide bonds. The van der Waals surface area contributed by atoms with Crippen molar-refractivity contribution in [1.29, 1.82) is 0 Å². The monoisotopic (exact) mass is 320 g/mol. The molecule has 0 N–H and O–H groups in total. The summed E-state index contributed by atoms with van der Waals surface area (Å²) in [6, 6.07) is 15.7. The second-order valence-corrected chi connectivity index (χ2v) is 5.64. The molecular weight excluding hydrogens is 304 g/mol. The highest BCUT2D eigenvalue weighted by Gasteiger charge is 2.19. The summed E-state index contributed by atoms with van der Waals surface area (Å²) in [5.74, 6) is 0.421. The Morgan fingerprint density at radius 3 is 2.62 bits per heavy atom. The Bertz CT molecular complexity index is 1050. The number of carbonyl (C=O) groups is 1. The molecule has 6 heteroatoms. The Balaban J connectivity index is 2.00. The number of aryl methyl sites for hydroxylation is 1. The molecule has 0 atom stereocenters. The van der Waals surface area contributed by atoms with Crippen LogP contribution in [0.3, 0.4) is 0 Å². The molecule has 0 aliphatic carbocycles. The Morgan fingerprint density at radius 1 is 1.08 bits per heavy atom.